The number of nitrogens with zero attached hydrogens (tertiary/aromatic N) is 4. The zero-order chi connectivity index (χ0) is 20.3. The number of halogens is 2. The molecule has 3 rings (SSSR count). The topological polar surface area (TPSA) is 89.8 Å². The first kappa shape index (κ1) is 20.6. The van der Waals surface area contributed by atoms with Gasteiger partial charge in [0.15, 0.2) is 0 Å². The summed E-state index contributed by atoms with van der Waals surface area (Å²) in [5.41, 5.74) is 10.3. The van der Waals surface area contributed by atoms with Crippen molar-refractivity contribution in [2.45, 2.75) is 39.7 Å². The minimum absolute atomic E-state index is 0.120. The normalized spacial score (nSPS) is 10.9. The molecular formula is C20H21BrClN5O. The Morgan fingerprint density at radius 2 is 2.07 bits per heavy atom. The first-order valence-electron chi connectivity index (χ1n) is 8.94. The first-order valence-corrected chi connectivity index (χ1v) is 10.1. The molecule has 0 unspecified atom stereocenters. The lowest BCUT2D eigenvalue weighted by Crippen LogP contribution is -2.06. The number of hydrogen-bond donors (Lipinski definition) is 2. The van der Waals surface area contributed by atoms with Crippen LogP contribution in [0.25, 0.3) is 11.0 Å². The van der Waals surface area contributed by atoms with E-state index in [0.717, 1.165) is 39.7 Å². The fourth-order valence-corrected chi connectivity index (χ4v) is 3.53. The summed E-state index contributed by atoms with van der Waals surface area (Å²) >= 11 is 9.98. The largest absolute Gasteiger partial charge is 0.396 e. The molecule has 0 bridgehead atoms. The van der Waals surface area contributed by atoms with Crippen molar-refractivity contribution in [3.63, 3.8) is 0 Å². The summed E-state index contributed by atoms with van der Waals surface area (Å²) in [7, 11) is 0. The van der Waals surface area contributed by atoms with E-state index in [0.29, 0.717) is 24.0 Å². The van der Waals surface area contributed by atoms with E-state index in [2.05, 4.69) is 42.7 Å². The number of unbranched alkanes of at least 4 members (excludes halogenated alkanes) is 2. The van der Waals surface area contributed by atoms with Gasteiger partial charge in [-0.1, -0.05) is 39.4 Å². The summed E-state index contributed by atoms with van der Waals surface area (Å²) in [6.45, 7) is 4.74. The monoisotopic (exact) mass is 461 g/mol. The molecule has 8 heteroatoms. The molecular weight excluding hydrogens is 442 g/mol. The van der Waals surface area contributed by atoms with Crippen molar-refractivity contribution in [3.8, 4) is 11.8 Å². The smallest absolute Gasteiger partial charge is 0.223 e. The molecule has 0 amide bonds. The van der Waals surface area contributed by atoms with Gasteiger partial charge in [0.1, 0.15) is 10.8 Å². The highest BCUT2D eigenvalue weighted by Crippen LogP contribution is 2.28. The van der Waals surface area contributed by atoms with Crippen LogP contribution in [0.4, 0.5) is 5.95 Å². The van der Waals surface area contributed by atoms with Crippen molar-refractivity contribution in [2.24, 2.45) is 0 Å². The number of hydrogen-bond acceptors (Lipinski definition) is 5. The van der Waals surface area contributed by atoms with Crippen molar-refractivity contribution in [1.29, 1.82) is 0 Å². The summed E-state index contributed by atoms with van der Waals surface area (Å²) in [5, 5.41) is 9.86. The molecule has 28 heavy (non-hydrogen) atoms. The van der Waals surface area contributed by atoms with Crippen molar-refractivity contribution in [2.75, 3.05) is 12.3 Å². The van der Waals surface area contributed by atoms with Gasteiger partial charge in [-0.25, -0.2) is 4.98 Å². The Kier molecular flexibility index (Phi) is 6.55. The quantitative estimate of drug-likeness (QED) is 0.340. The maximum Gasteiger partial charge on any atom is 0.223 e. The average Bonchev–Trinajstić information content (AvgIpc) is 2.99. The SMILES string of the molecule is Cc1cnc(Cn2cc(C#CCCCCO)c3c(Cl)nc(N)nc32)c(C)c1Br. The van der Waals surface area contributed by atoms with Gasteiger partial charge >= 0.3 is 0 Å². The Balaban J connectivity index is 2.04. The summed E-state index contributed by atoms with van der Waals surface area (Å²) in [5.74, 6) is 6.41. The van der Waals surface area contributed by atoms with Crippen LogP contribution in [0.15, 0.2) is 16.9 Å². The Labute approximate surface area is 177 Å². The number of aliphatic hydroxyl groups excluding tert-OH is 1. The lowest BCUT2D eigenvalue weighted by molar-refractivity contribution is 0.285. The molecule has 0 aliphatic rings. The van der Waals surface area contributed by atoms with Crippen molar-refractivity contribution in [1.82, 2.24) is 19.5 Å². The van der Waals surface area contributed by atoms with Gasteiger partial charge in [-0.2, -0.15) is 4.98 Å². The van der Waals surface area contributed by atoms with Gasteiger partial charge in [0.25, 0.3) is 0 Å². The first-order chi connectivity index (χ1) is 13.4. The Morgan fingerprint density at radius 1 is 1.29 bits per heavy atom. The molecule has 3 aromatic heterocycles. The average molecular weight is 463 g/mol. The molecule has 3 N–H and O–H groups in total. The van der Waals surface area contributed by atoms with Gasteiger partial charge in [-0.15, -0.1) is 0 Å². The zero-order valence-corrected chi connectivity index (χ0v) is 18.1. The van der Waals surface area contributed by atoms with Gasteiger partial charge < -0.3 is 15.4 Å². The molecule has 3 aromatic rings. The van der Waals surface area contributed by atoms with Gasteiger partial charge in [-0.3, -0.25) is 4.98 Å². The van der Waals surface area contributed by atoms with Crippen LogP contribution in [0, 0.1) is 25.7 Å². The molecule has 0 aromatic carbocycles. The third-order valence-electron chi connectivity index (χ3n) is 4.46. The summed E-state index contributed by atoms with van der Waals surface area (Å²) < 4.78 is 3.00. The standard InChI is InChI=1S/C20H21BrClN5O/c1-12-9-24-15(13(2)17(12)21)11-27-10-14(7-5-3-4-6-8-28)16-18(22)25-20(23)26-19(16)27/h9-10,28H,3-4,6,8,11H2,1-2H3,(H2,23,25,26). The second-order valence-corrected chi connectivity index (χ2v) is 7.70. The third-order valence-corrected chi connectivity index (χ3v) is 5.96. The molecule has 0 saturated heterocycles. The predicted molar refractivity (Wildman–Crippen MR) is 115 cm³/mol. The third kappa shape index (κ3) is 4.30. The van der Waals surface area contributed by atoms with E-state index in [-0.39, 0.29) is 17.7 Å². The van der Waals surface area contributed by atoms with E-state index in [1.54, 1.807) is 0 Å². The zero-order valence-electron chi connectivity index (χ0n) is 15.8. The molecule has 0 spiro atoms. The van der Waals surface area contributed by atoms with Crippen LogP contribution in [-0.4, -0.2) is 31.2 Å². The molecule has 0 saturated carbocycles. The highest BCUT2D eigenvalue weighted by atomic mass is 79.9. The van der Waals surface area contributed by atoms with Crippen LogP contribution in [0.1, 0.15) is 41.6 Å². The molecule has 0 aliphatic heterocycles. The van der Waals surface area contributed by atoms with Crippen molar-refractivity contribution in [3.05, 3.63) is 44.4 Å². The number of aliphatic hydroxyl groups is 1. The lowest BCUT2D eigenvalue weighted by atomic mass is 10.1. The molecule has 6 nitrogen and oxygen atoms in total. The van der Waals surface area contributed by atoms with E-state index < -0.39 is 0 Å². The second kappa shape index (κ2) is 8.91. The highest BCUT2D eigenvalue weighted by Gasteiger charge is 2.16. The summed E-state index contributed by atoms with van der Waals surface area (Å²) in [4.78, 5) is 13.0. The molecule has 0 aliphatic carbocycles. The minimum Gasteiger partial charge on any atom is -0.396 e. The van der Waals surface area contributed by atoms with E-state index in [9.17, 15) is 0 Å². The van der Waals surface area contributed by atoms with Crippen LogP contribution in [-0.2, 0) is 6.54 Å². The van der Waals surface area contributed by atoms with Gasteiger partial charge in [-0.05, 0) is 37.8 Å². The molecule has 146 valence electrons. The van der Waals surface area contributed by atoms with Crippen LogP contribution in [0.5, 0.6) is 0 Å². The van der Waals surface area contributed by atoms with Crippen LogP contribution >= 0.6 is 27.5 Å². The number of nitrogens with two attached hydrogens (primary N) is 1. The number of nitrogen functional groups attached to an aromatic ring is 1. The van der Waals surface area contributed by atoms with Crippen molar-refractivity contribution < 1.29 is 5.11 Å². The highest BCUT2D eigenvalue weighted by molar-refractivity contribution is 9.10. The fourth-order valence-electron chi connectivity index (χ4n) is 2.93. The Hall–Kier alpha value is -2.14. The predicted octanol–water partition coefficient (Wildman–Crippen LogP) is 4.00. The van der Waals surface area contributed by atoms with E-state index in [4.69, 9.17) is 22.4 Å². The molecule has 3 heterocycles. The van der Waals surface area contributed by atoms with Gasteiger partial charge in [0.2, 0.25) is 5.95 Å². The maximum absolute atomic E-state index is 8.88. The van der Waals surface area contributed by atoms with E-state index >= 15 is 0 Å². The summed E-state index contributed by atoms with van der Waals surface area (Å²) in [6, 6.07) is 0. The Morgan fingerprint density at radius 3 is 2.82 bits per heavy atom. The number of rotatable bonds is 5. The summed E-state index contributed by atoms with van der Waals surface area (Å²) in [6.07, 6.45) is 6.05. The van der Waals surface area contributed by atoms with Crippen LogP contribution < -0.4 is 5.73 Å². The number of fused-ring (bicyclic) bond motifs is 1. The molecule has 0 radical (unpaired) electrons. The molecule has 0 atom stereocenters. The van der Waals surface area contributed by atoms with Crippen LogP contribution in [0.3, 0.4) is 0 Å². The van der Waals surface area contributed by atoms with Crippen LogP contribution in [0.2, 0.25) is 5.15 Å². The fraction of sp³-hybridized carbons (Fsp3) is 0.350. The Bertz CT molecular complexity index is 1080. The maximum atomic E-state index is 8.88. The van der Waals surface area contributed by atoms with Gasteiger partial charge in [0, 0.05) is 29.9 Å². The van der Waals surface area contributed by atoms with Crippen molar-refractivity contribution >= 4 is 44.5 Å². The number of aromatic nitrogens is 4. The number of pyridine rings is 1. The number of anilines is 1. The lowest BCUT2D eigenvalue weighted by Gasteiger charge is -2.10. The second-order valence-electron chi connectivity index (χ2n) is 6.55. The molecule has 0 fully saturated rings. The van der Waals surface area contributed by atoms with Gasteiger partial charge in [0.05, 0.1) is 23.2 Å². The minimum atomic E-state index is 0.120. The number of aryl methyl sites for hydroxylation is 1. The van der Waals surface area contributed by atoms with E-state index in [1.807, 2.05) is 30.8 Å². The van der Waals surface area contributed by atoms with E-state index in [1.165, 1.54) is 0 Å².